The van der Waals surface area contributed by atoms with Crippen molar-refractivity contribution in [2.45, 2.75) is 58.3 Å². The Morgan fingerprint density at radius 2 is 2.16 bits per heavy atom. The molecule has 1 aromatic heterocycles. The molecule has 136 valence electrons. The van der Waals surface area contributed by atoms with Crippen LogP contribution in [0.3, 0.4) is 0 Å². The number of hydrogen-bond acceptors (Lipinski definition) is 5. The first-order valence-corrected chi connectivity index (χ1v) is 9.26. The van der Waals surface area contributed by atoms with Crippen molar-refractivity contribution >= 4 is 17.3 Å². The van der Waals surface area contributed by atoms with E-state index in [1.54, 1.807) is 6.92 Å². The number of carbonyl (C=O) groups excluding carboxylic acids is 1. The Labute approximate surface area is 150 Å². The second kappa shape index (κ2) is 9.97. The van der Waals surface area contributed by atoms with E-state index in [-0.39, 0.29) is 5.78 Å². The largest absolute Gasteiger partial charge is 0.391 e. The first-order chi connectivity index (χ1) is 12.1. The van der Waals surface area contributed by atoms with Crippen molar-refractivity contribution in [1.82, 2.24) is 10.3 Å². The molecule has 0 saturated carbocycles. The van der Waals surface area contributed by atoms with Gasteiger partial charge >= 0.3 is 0 Å². The average molecular weight is 342 g/mol. The van der Waals surface area contributed by atoms with Gasteiger partial charge in [-0.05, 0) is 69.6 Å². The van der Waals surface area contributed by atoms with Crippen molar-refractivity contribution in [1.29, 1.82) is 5.41 Å². The number of hydrogen-bond donors (Lipinski definition) is 3. The summed E-state index contributed by atoms with van der Waals surface area (Å²) >= 11 is 0. The SMILES string of the molecule is CN/C(=C\C(=N)CCCC(C)=O)CCCc1ccc2c(n1)NCCC2. The molecule has 0 fully saturated rings. The fraction of sp³-hybridized carbons (Fsp3) is 0.550. The molecule has 0 amide bonds. The number of ketones is 1. The number of carbonyl (C=O) groups is 1. The van der Waals surface area contributed by atoms with Crippen molar-refractivity contribution in [2.75, 3.05) is 18.9 Å². The summed E-state index contributed by atoms with van der Waals surface area (Å²) in [5.74, 6) is 1.25. The van der Waals surface area contributed by atoms with E-state index in [0.717, 1.165) is 55.9 Å². The molecule has 0 aromatic carbocycles. The smallest absolute Gasteiger partial charge is 0.129 e. The van der Waals surface area contributed by atoms with E-state index >= 15 is 0 Å². The quantitative estimate of drug-likeness (QED) is 0.567. The van der Waals surface area contributed by atoms with Crippen molar-refractivity contribution in [2.24, 2.45) is 0 Å². The molecule has 5 heteroatoms. The van der Waals surface area contributed by atoms with Crippen LogP contribution in [0, 0.1) is 5.41 Å². The van der Waals surface area contributed by atoms with Gasteiger partial charge in [0.15, 0.2) is 0 Å². The number of anilines is 1. The van der Waals surface area contributed by atoms with Crippen LogP contribution in [0.5, 0.6) is 0 Å². The summed E-state index contributed by atoms with van der Waals surface area (Å²) in [6, 6.07) is 4.34. The highest BCUT2D eigenvalue weighted by Crippen LogP contribution is 2.20. The minimum Gasteiger partial charge on any atom is -0.391 e. The van der Waals surface area contributed by atoms with Gasteiger partial charge in [0, 0.05) is 37.1 Å². The molecule has 5 nitrogen and oxygen atoms in total. The number of fused-ring (bicyclic) bond motifs is 1. The number of nitrogens with one attached hydrogen (secondary N) is 3. The van der Waals surface area contributed by atoms with Crippen LogP contribution in [0.4, 0.5) is 5.82 Å². The molecular formula is C20H30N4O. The molecule has 2 rings (SSSR count). The lowest BCUT2D eigenvalue weighted by molar-refractivity contribution is -0.117. The van der Waals surface area contributed by atoms with Crippen LogP contribution in [0.25, 0.3) is 0 Å². The van der Waals surface area contributed by atoms with E-state index < -0.39 is 0 Å². The normalized spacial score (nSPS) is 13.8. The molecule has 3 N–H and O–H groups in total. The molecule has 0 atom stereocenters. The Bertz CT molecular complexity index is 637. The predicted octanol–water partition coefficient (Wildman–Crippen LogP) is 3.64. The van der Waals surface area contributed by atoms with Crippen LogP contribution >= 0.6 is 0 Å². The minimum absolute atomic E-state index is 0.192. The number of aromatic nitrogens is 1. The number of pyridine rings is 1. The molecule has 0 saturated heterocycles. The van der Waals surface area contributed by atoms with Crippen LogP contribution in [0.1, 0.15) is 56.7 Å². The lowest BCUT2D eigenvalue weighted by Crippen LogP contribution is -2.14. The van der Waals surface area contributed by atoms with E-state index in [0.29, 0.717) is 18.6 Å². The zero-order chi connectivity index (χ0) is 18.1. The molecule has 0 aliphatic carbocycles. The topological polar surface area (TPSA) is 77.9 Å². The van der Waals surface area contributed by atoms with Gasteiger partial charge < -0.3 is 20.8 Å². The standard InChI is InChI=1S/C20H30N4O/c1-15(25)6-3-8-17(21)14-19(22-2)10-4-9-18-12-11-16-7-5-13-23-20(16)24-18/h11-12,14,21-22H,3-10,13H2,1-2H3,(H,23,24)/b19-14-,21-17?. The van der Waals surface area contributed by atoms with E-state index in [2.05, 4.69) is 22.8 Å². The fourth-order valence-electron chi connectivity index (χ4n) is 3.05. The molecule has 25 heavy (non-hydrogen) atoms. The van der Waals surface area contributed by atoms with E-state index in [1.165, 1.54) is 12.0 Å². The first kappa shape index (κ1) is 19.2. The van der Waals surface area contributed by atoms with Gasteiger partial charge in [-0.25, -0.2) is 4.98 Å². The summed E-state index contributed by atoms with van der Waals surface area (Å²) in [7, 11) is 1.90. The lowest BCUT2D eigenvalue weighted by Gasteiger charge is -2.17. The molecule has 1 aliphatic heterocycles. The van der Waals surface area contributed by atoms with Gasteiger partial charge in [-0.15, -0.1) is 0 Å². The fourth-order valence-corrected chi connectivity index (χ4v) is 3.05. The average Bonchev–Trinajstić information content (AvgIpc) is 2.60. The molecule has 1 aliphatic rings. The predicted molar refractivity (Wildman–Crippen MR) is 103 cm³/mol. The van der Waals surface area contributed by atoms with Gasteiger partial charge in [-0.2, -0.15) is 0 Å². The summed E-state index contributed by atoms with van der Waals surface area (Å²) in [6.45, 7) is 2.62. The van der Waals surface area contributed by atoms with Crippen molar-refractivity contribution in [3.63, 3.8) is 0 Å². The van der Waals surface area contributed by atoms with Crippen LogP contribution < -0.4 is 10.6 Å². The maximum atomic E-state index is 11.0. The van der Waals surface area contributed by atoms with Gasteiger partial charge in [-0.1, -0.05) is 6.07 Å². The highest BCUT2D eigenvalue weighted by molar-refractivity contribution is 5.93. The van der Waals surface area contributed by atoms with Gasteiger partial charge in [0.2, 0.25) is 0 Å². The summed E-state index contributed by atoms with van der Waals surface area (Å²) in [4.78, 5) is 15.7. The second-order valence-corrected chi connectivity index (χ2v) is 6.69. The molecule has 1 aromatic rings. The molecule has 0 unspecified atom stereocenters. The van der Waals surface area contributed by atoms with E-state index in [4.69, 9.17) is 10.4 Å². The number of allylic oxidation sites excluding steroid dienone is 2. The van der Waals surface area contributed by atoms with Crippen LogP contribution in [-0.4, -0.2) is 30.1 Å². The summed E-state index contributed by atoms with van der Waals surface area (Å²) in [6.07, 6.45) is 9.01. The summed E-state index contributed by atoms with van der Waals surface area (Å²) in [5, 5.41) is 14.6. The third-order valence-electron chi connectivity index (χ3n) is 4.48. The summed E-state index contributed by atoms with van der Waals surface area (Å²) < 4.78 is 0. The number of Topliss-reactive ketones (excluding diaryl/α,β-unsaturated/α-hetero) is 1. The molecule has 0 spiro atoms. The number of rotatable bonds is 10. The van der Waals surface area contributed by atoms with Crippen molar-refractivity contribution in [3.8, 4) is 0 Å². The van der Waals surface area contributed by atoms with Gasteiger partial charge in [-0.3, -0.25) is 0 Å². The molecule has 0 radical (unpaired) electrons. The van der Waals surface area contributed by atoms with Gasteiger partial charge in [0.1, 0.15) is 11.6 Å². The van der Waals surface area contributed by atoms with Crippen LogP contribution in [0.15, 0.2) is 23.9 Å². The van der Waals surface area contributed by atoms with Gasteiger partial charge in [0.05, 0.1) is 0 Å². The highest BCUT2D eigenvalue weighted by atomic mass is 16.1. The maximum Gasteiger partial charge on any atom is 0.129 e. The molecular weight excluding hydrogens is 312 g/mol. The Balaban J connectivity index is 1.79. The third kappa shape index (κ3) is 6.69. The Morgan fingerprint density at radius 3 is 2.92 bits per heavy atom. The minimum atomic E-state index is 0.192. The third-order valence-corrected chi connectivity index (χ3v) is 4.48. The Morgan fingerprint density at radius 1 is 1.32 bits per heavy atom. The Kier molecular flexibility index (Phi) is 7.64. The number of nitrogens with zero attached hydrogens (tertiary/aromatic N) is 1. The highest BCUT2D eigenvalue weighted by Gasteiger charge is 2.10. The van der Waals surface area contributed by atoms with Crippen molar-refractivity contribution < 1.29 is 4.79 Å². The molecule has 2 heterocycles. The van der Waals surface area contributed by atoms with E-state index in [9.17, 15) is 4.79 Å². The Hall–Kier alpha value is -2.17. The zero-order valence-electron chi connectivity index (χ0n) is 15.5. The van der Waals surface area contributed by atoms with Crippen LogP contribution in [0.2, 0.25) is 0 Å². The molecule has 0 bridgehead atoms. The zero-order valence-corrected chi connectivity index (χ0v) is 15.5. The summed E-state index contributed by atoms with van der Waals surface area (Å²) in [5.41, 5.74) is 4.11. The van der Waals surface area contributed by atoms with Crippen LogP contribution in [-0.2, 0) is 17.6 Å². The first-order valence-electron chi connectivity index (χ1n) is 9.26. The second-order valence-electron chi connectivity index (χ2n) is 6.69. The van der Waals surface area contributed by atoms with Crippen molar-refractivity contribution in [3.05, 3.63) is 35.2 Å². The lowest BCUT2D eigenvalue weighted by atomic mass is 10.0. The maximum absolute atomic E-state index is 11.0. The van der Waals surface area contributed by atoms with Gasteiger partial charge in [0.25, 0.3) is 0 Å². The number of aryl methyl sites for hydroxylation is 2. The van der Waals surface area contributed by atoms with E-state index in [1.807, 2.05) is 13.1 Å². The monoisotopic (exact) mass is 342 g/mol.